The lowest BCUT2D eigenvalue weighted by Crippen LogP contribution is -2.33. The Balaban J connectivity index is 1.69. The number of nitrogens with one attached hydrogen (secondary N) is 1. The van der Waals surface area contributed by atoms with E-state index in [1.54, 1.807) is 0 Å². The van der Waals surface area contributed by atoms with Crippen LogP contribution in [-0.4, -0.2) is 32.1 Å². The maximum atomic E-state index is 5.85. The summed E-state index contributed by atoms with van der Waals surface area (Å²) in [7, 11) is 0. The SMILES string of the molecule is CC1(C)OCC(c2ccc(C3CNCCO3)cc2)O1. The summed E-state index contributed by atoms with van der Waals surface area (Å²) in [6.07, 6.45) is 0.203. The first-order valence-electron chi connectivity index (χ1n) is 6.88. The summed E-state index contributed by atoms with van der Waals surface area (Å²) >= 11 is 0. The topological polar surface area (TPSA) is 39.7 Å². The number of hydrogen-bond acceptors (Lipinski definition) is 4. The van der Waals surface area contributed by atoms with E-state index >= 15 is 0 Å². The monoisotopic (exact) mass is 263 g/mol. The Kier molecular flexibility index (Phi) is 3.58. The Bertz CT molecular complexity index is 424. The smallest absolute Gasteiger partial charge is 0.163 e. The molecule has 0 amide bonds. The van der Waals surface area contributed by atoms with E-state index in [-0.39, 0.29) is 12.2 Å². The van der Waals surface area contributed by atoms with Gasteiger partial charge in [0, 0.05) is 13.1 Å². The van der Waals surface area contributed by atoms with Gasteiger partial charge in [0.15, 0.2) is 5.79 Å². The maximum Gasteiger partial charge on any atom is 0.163 e. The molecule has 0 aliphatic carbocycles. The van der Waals surface area contributed by atoms with Gasteiger partial charge in [0.1, 0.15) is 6.10 Å². The van der Waals surface area contributed by atoms with Crippen LogP contribution in [0.4, 0.5) is 0 Å². The molecule has 0 saturated carbocycles. The van der Waals surface area contributed by atoms with Crippen molar-refractivity contribution in [3.8, 4) is 0 Å². The minimum atomic E-state index is -0.472. The molecule has 2 unspecified atom stereocenters. The second-order valence-corrected chi connectivity index (χ2v) is 5.55. The van der Waals surface area contributed by atoms with Crippen LogP contribution in [0.1, 0.15) is 37.2 Å². The highest BCUT2D eigenvalue weighted by atomic mass is 16.7. The summed E-state index contributed by atoms with van der Waals surface area (Å²) in [4.78, 5) is 0. The molecule has 1 N–H and O–H groups in total. The van der Waals surface area contributed by atoms with E-state index < -0.39 is 5.79 Å². The third kappa shape index (κ3) is 2.98. The molecule has 1 aromatic carbocycles. The van der Waals surface area contributed by atoms with Crippen LogP contribution in [-0.2, 0) is 14.2 Å². The Hall–Kier alpha value is -0.940. The van der Waals surface area contributed by atoms with Crippen molar-refractivity contribution in [2.45, 2.75) is 31.8 Å². The van der Waals surface area contributed by atoms with Gasteiger partial charge in [0.05, 0.1) is 19.3 Å². The van der Waals surface area contributed by atoms with E-state index in [0.717, 1.165) is 25.3 Å². The van der Waals surface area contributed by atoms with Crippen LogP contribution in [0.3, 0.4) is 0 Å². The average Bonchev–Trinajstić information content (AvgIpc) is 2.80. The number of morpholine rings is 1. The highest BCUT2D eigenvalue weighted by Gasteiger charge is 2.33. The molecule has 0 spiro atoms. The van der Waals surface area contributed by atoms with Crippen molar-refractivity contribution in [2.75, 3.05) is 26.3 Å². The van der Waals surface area contributed by atoms with Crippen molar-refractivity contribution in [1.82, 2.24) is 5.32 Å². The van der Waals surface area contributed by atoms with Gasteiger partial charge in [-0.15, -0.1) is 0 Å². The first kappa shape index (κ1) is 13.1. The molecule has 2 atom stereocenters. The molecule has 4 nitrogen and oxygen atoms in total. The van der Waals surface area contributed by atoms with Crippen molar-refractivity contribution in [3.63, 3.8) is 0 Å². The normalized spacial score (nSPS) is 30.4. The lowest BCUT2D eigenvalue weighted by Gasteiger charge is -2.24. The fourth-order valence-electron chi connectivity index (χ4n) is 2.56. The van der Waals surface area contributed by atoms with Gasteiger partial charge in [0.2, 0.25) is 0 Å². The van der Waals surface area contributed by atoms with Crippen molar-refractivity contribution in [1.29, 1.82) is 0 Å². The van der Waals surface area contributed by atoms with Crippen LogP contribution in [0.5, 0.6) is 0 Å². The predicted octanol–water partition coefficient (Wildman–Crippen LogP) is 2.17. The van der Waals surface area contributed by atoms with Crippen molar-refractivity contribution in [3.05, 3.63) is 35.4 Å². The van der Waals surface area contributed by atoms with Gasteiger partial charge in [-0.1, -0.05) is 24.3 Å². The molecule has 104 valence electrons. The minimum absolute atomic E-state index is 0.0365. The third-order valence-electron chi connectivity index (χ3n) is 3.62. The van der Waals surface area contributed by atoms with E-state index in [1.165, 1.54) is 5.56 Å². The molecular formula is C15H21NO3. The Morgan fingerprint density at radius 3 is 2.32 bits per heavy atom. The fraction of sp³-hybridized carbons (Fsp3) is 0.600. The first-order valence-corrected chi connectivity index (χ1v) is 6.88. The van der Waals surface area contributed by atoms with Gasteiger partial charge in [0.25, 0.3) is 0 Å². The van der Waals surface area contributed by atoms with E-state index in [0.29, 0.717) is 6.61 Å². The second-order valence-electron chi connectivity index (χ2n) is 5.55. The Labute approximate surface area is 114 Å². The maximum absolute atomic E-state index is 5.85. The first-order chi connectivity index (χ1) is 9.14. The largest absolute Gasteiger partial charge is 0.371 e. The van der Waals surface area contributed by atoms with Crippen molar-refractivity contribution < 1.29 is 14.2 Å². The molecule has 4 heteroatoms. The van der Waals surface area contributed by atoms with Crippen LogP contribution >= 0.6 is 0 Å². The summed E-state index contributed by atoms with van der Waals surface area (Å²) in [5.41, 5.74) is 2.38. The van der Waals surface area contributed by atoms with Crippen LogP contribution < -0.4 is 5.32 Å². The highest BCUT2D eigenvalue weighted by molar-refractivity contribution is 5.26. The van der Waals surface area contributed by atoms with E-state index in [4.69, 9.17) is 14.2 Å². The molecule has 2 aliphatic heterocycles. The molecule has 2 aliphatic rings. The lowest BCUT2D eigenvalue weighted by atomic mass is 10.0. The Morgan fingerprint density at radius 2 is 1.79 bits per heavy atom. The van der Waals surface area contributed by atoms with Crippen LogP contribution in [0.15, 0.2) is 24.3 Å². The predicted molar refractivity (Wildman–Crippen MR) is 71.9 cm³/mol. The zero-order chi connectivity index (χ0) is 13.3. The fourth-order valence-corrected chi connectivity index (χ4v) is 2.56. The third-order valence-corrected chi connectivity index (χ3v) is 3.62. The van der Waals surface area contributed by atoms with Crippen molar-refractivity contribution >= 4 is 0 Å². The average molecular weight is 263 g/mol. The van der Waals surface area contributed by atoms with E-state index in [2.05, 4.69) is 29.6 Å². The van der Waals surface area contributed by atoms with Gasteiger partial charge in [-0.3, -0.25) is 0 Å². The Morgan fingerprint density at radius 1 is 1.11 bits per heavy atom. The number of ether oxygens (including phenoxy) is 3. The summed E-state index contributed by atoms with van der Waals surface area (Å²) in [5.74, 6) is -0.472. The molecule has 19 heavy (non-hydrogen) atoms. The summed E-state index contributed by atoms with van der Waals surface area (Å²) < 4.78 is 17.2. The molecule has 3 rings (SSSR count). The molecule has 1 aromatic rings. The zero-order valence-electron chi connectivity index (χ0n) is 11.5. The second kappa shape index (κ2) is 5.21. The van der Waals surface area contributed by atoms with Crippen LogP contribution in [0.2, 0.25) is 0 Å². The molecule has 2 heterocycles. The van der Waals surface area contributed by atoms with Gasteiger partial charge in [-0.25, -0.2) is 0 Å². The van der Waals surface area contributed by atoms with E-state index in [1.807, 2.05) is 13.8 Å². The number of benzene rings is 1. The highest BCUT2D eigenvalue weighted by Crippen LogP contribution is 2.33. The molecule has 2 saturated heterocycles. The summed E-state index contributed by atoms with van der Waals surface area (Å²) in [5, 5.41) is 3.34. The van der Waals surface area contributed by atoms with Crippen molar-refractivity contribution in [2.24, 2.45) is 0 Å². The van der Waals surface area contributed by atoms with Gasteiger partial charge in [-0.05, 0) is 25.0 Å². The minimum Gasteiger partial charge on any atom is -0.371 e. The lowest BCUT2D eigenvalue weighted by molar-refractivity contribution is -0.139. The molecule has 0 aromatic heterocycles. The zero-order valence-corrected chi connectivity index (χ0v) is 11.5. The molecule has 0 radical (unpaired) electrons. The number of hydrogen-bond donors (Lipinski definition) is 1. The molecule has 0 bridgehead atoms. The van der Waals surface area contributed by atoms with Gasteiger partial charge < -0.3 is 19.5 Å². The van der Waals surface area contributed by atoms with Gasteiger partial charge >= 0.3 is 0 Å². The van der Waals surface area contributed by atoms with E-state index in [9.17, 15) is 0 Å². The number of rotatable bonds is 2. The standard InChI is InChI=1S/C15H21NO3/c1-15(2)18-10-14(19-15)12-5-3-11(4-6-12)13-9-16-7-8-17-13/h3-6,13-14,16H,7-10H2,1-2H3. The summed E-state index contributed by atoms with van der Waals surface area (Å²) in [6, 6.07) is 8.48. The van der Waals surface area contributed by atoms with Crippen LogP contribution in [0, 0.1) is 0 Å². The van der Waals surface area contributed by atoms with Gasteiger partial charge in [-0.2, -0.15) is 0 Å². The summed E-state index contributed by atoms with van der Waals surface area (Å²) in [6.45, 7) is 7.12. The molecule has 2 fully saturated rings. The van der Waals surface area contributed by atoms with Crippen LogP contribution in [0.25, 0.3) is 0 Å². The quantitative estimate of drug-likeness (QED) is 0.887. The molecular weight excluding hydrogens is 242 g/mol.